The summed E-state index contributed by atoms with van der Waals surface area (Å²) in [6.07, 6.45) is 0.907. The van der Waals surface area contributed by atoms with Gasteiger partial charge in [-0.05, 0) is 36.6 Å². The van der Waals surface area contributed by atoms with Crippen LogP contribution in [0.4, 0.5) is 4.39 Å². The van der Waals surface area contributed by atoms with Crippen molar-refractivity contribution < 1.29 is 4.39 Å². The van der Waals surface area contributed by atoms with Gasteiger partial charge in [-0.25, -0.2) is 4.39 Å². The first-order valence-electron chi connectivity index (χ1n) is 5.25. The van der Waals surface area contributed by atoms with E-state index in [4.69, 9.17) is 11.6 Å². The molecule has 0 fully saturated rings. The molecular formula is C12H15ClFN. The van der Waals surface area contributed by atoms with Crippen molar-refractivity contribution in [2.45, 2.75) is 19.3 Å². The van der Waals surface area contributed by atoms with Crippen LogP contribution in [-0.2, 0) is 6.42 Å². The summed E-state index contributed by atoms with van der Waals surface area (Å²) in [6.45, 7) is 3.93. The molecule has 1 aliphatic rings. The van der Waals surface area contributed by atoms with Gasteiger partial charge in [0.25, 0.3) is 0 Å². The van der Waals surface area contributed by atoms with E-state index in [0.29, 0.717) is 0 Å². The van der Waals surface area contributed by atoms with Crippen LogP contribution in [0.25, 0.3) is 0 Å². The summed E-state index contributed by atoms with van der Waals surface area (Å²) in [5.41, 5.74) is 1.92. The van der Waals surface area contributed by atoms with Gasteiger partial charge in [-0.2, -0.15) is 0 Å². The van der Waals surface area contributed by atoms with Crippen molar-refractivity contribution in [1.82, 2.24) is 4.90 Å². The second-order valence-corrected chi connectivity index (χ2v) is 4.75. The highest BCUT2D eigenvalue weighted by Gasteiger charge is 2.22. The zero-order valence-corrected chi connectivity index (χ0v) is 9.81. The molecule has 3 heteroatoms. The van der Waals surface area contributed by atoms with Crippen molar-refractivity contribution in [2.24, 2.45) is 0 Å². The first kappa shape index (κ1) is 10.9. The lowest BCUT2D eigenvalue weighted by molar-refractivity contribution is 0.330. The van der Waals surface area contributed by atoms with Gasteiger partial charge in [0.1, 0.15) is 5.82 Å². The summed E-state index contributed by atoms with van der Waals surface area (Å²) in [5, 5.41) is 0.241. The van der Waals surface area contributed by atoms with Crippen molar-refractivity contribution in [2.75, 3.05) is 20.1 Å². The average Bonchev–Trinajstić information content (AvgIpc) is 2.32. The maximum absolute atomic E-state index is 13.9. The molecule has 1 atom stereocenters. The zero-order valence-electron chi connectivity index (χ0n) is 9.06. The molecule has 1 nitrogen and oxygen atoms in total. The molecule has 0 N–H and O–H groups in total. The smallest absolute Gasteiger partial charge is 0.145 e. The standard InChI is InChI=1S/C12H15ClFN/c1-8-7-15(2)6-5-9-3-4-10(13)12(14)11(8)9/h3-4,8H,5-7H2,1-2H3/t8-/m1/s1. The van der Waals surface area contributed by atoms with Gasteiger partial charge in [0, 0.05) is 13.1 Å². The molecule has 1 heterocycles. The Kier molecular flexibility index (Phi) is 2.98. The molecule has 0 unspecified atom stereocenters. The van der Waals surface area contributed by atoms with E-state index in [1.54, 1.807) is 6.07 Å². The van der Waals surface area contributed by atoms with Crippen LogP contribution in [0.5, 0.6) is 0 Å². The summed E-state index contributed by atoms with van der Waals surface area (Å²) in [7, 11) is 2.07. The third kappa shape index (κ3) is 2.01. The van der Waals surface area contributed by atoms with E-state index >= 15 is 0 Å². The van der Waals surface area contributed by atoms with E-state index in [9.17, 15) is 4.39 Å². The number of nitrogens with zero attached hydrogens (tertiary/aromatic N) is 1. The Labute approximate surface area is 94.8 Å². The van der Waals surface area contributed by atoms with Gasteiger partial charge < -0.3 is 4.90 Å². The lowest BCUT2D eigenvalue weighted by Crippen LogP contribution is -2.22. The van der Waals surface area contributed by atoms with Gasteiger partial charge in [-0.3, -0.25) is 0 Å². The third-order valence-corrected chi connectivity index (χ3v) is 3.36. The maximum Gasteiger partial charge on any atom is 0.145 e. The highest BCUT2D eigenvalue weighted by molar-refractivity contribution is 6.30. The van der Waals surface area contributed by atoms with Crippen molar-refractivity contribution in [3.8, 4) is 0 Å². The van der Waals surface area contributed by atoms with Crippen LogP contribution in [0.1, 0.15) is 24.0 Å². The first-order valence-corrected chi connectivity index (χ1v) is 5.62. The fourth-order valence-corrected chi connectivity index (χ4v) is 2.48. The van der Waals surface area contributed by atoms with E-state index in [1.807, 2.05) is 6.07 Å². The molecule has 0 radical (unpaired) electrons. The molecule has 82 valence electrons. The number of benzene rings is 1. The van der Waals surface area contributed by atoms with Crippen LogP contribution in [0.15, 0.2) is 12.1 Å². The molecular weight excluding hydrogens is 213 g/mol. The lowest BCUT2D eigenvalue weighted by Gasteiger charge is -2.17. The molecule has 15 heavy (non-hydrogen) atoms. The van der Waals surface area contributed by atoms with E-state index in [2.05, 4.69) is 18.9 Å². The Morgan fingerprint density at radius 2 is 2.20 bits per heavy atom. The van der Waals surface area contributed by atoms with E-state index in [-0.39, 0.29) is 16.8 Å². The predicted molar refractivity (Wildman–Crippen MR) is 61.0 cm³/mol. The van der Waals surface area contributed by atoms with Crippen LogP contribution < -0.4 is 0 Å². The maximum atomic E-state index is 13.9. The number of hydrogen-bond acceptors (Lipinski definition) is 1. The SMILES string of the molecule is C[C@@H]1CN(C)CCc2ccc(Cl)c(F)c21. The molecule has 1 aliphatic heterocycles. The monoisotopic (exact) mass is 227 g/mol. The Morgan fingerprint density at radius 3 is 2.93 bits per heavy atom. The molecule has 0 saturated carbocycles. The van der Waals surface area contributed by atoms with Crippen molar-refractivity contribution >= 4 is 11.6 Å². The van der Waals surface area contributed by atoms with E-state index < -0.39 is 0 Å². The predicted octanol–water partition coefficient (Wildman–Crippen LogP) is 3.07. The first-order chi connectivity index (χ1) is 7.09. The van der Waals surface area contributed by atoms with Gasteiger partial charge in [-0.1, -0.05) is 24.6 Å². The Balaban J connectivity index is 2.50. The number of rotatable bonds is 0. The van der Waals surface area contributed by atoms with Gasteiger partial charge in [0.05, 0.1) is 5.02 Å². The average molecular weight is 228 g/mol. The summed E-state index contributed by atoms with van der Waals surface area (Å²) < 4.78 is 13.9. The lowest BCUT2D eigenvalue weighted by atomic mass is 9.95. The Hall–Kier alpha value is -0.600. The van der Waals surface area contributed by atoms with E-state index in [1.165, 1.54) is 0 Å². The number of fused-ring (bicyclic) bond motifs is 1. The summed E-state index contributed by atoms with van der Waals surface area (Å²) >= 11 is 5.81. The van der Waals surface area contributed by atoms with Crippen LogP contribution in [0, 0.1) is 5.82 Å². The van der Waals surface area contributed by atoms with Gasteiger partial charge in [0.15, 0.2) is 0 Å². The minimum atomic E-state index is -0.225. The second kappa shape index (κ2) is 4.11. The Morgan fingerprint density at radius 1 is 1.47 bits per heavy atom. The minimum absolute atomic E-state index is 0.214. The Bertz CT molecular complexity index is 378. The molecule has 0 aliphatic carbocycles. The van der Waals surface area contributed by atoms with Crippen molar-refractivity contribution in [3.05, 3.63) is 34.1 Å². The molecule has 0 saturated heterocycles. The highest BCUT2D eigenvalue weighted by atomic mass is 35.5. The van der Waals surface area contributed by atoms with Crippen LogP contribution in [0.2, 0.25) is 5.02 Å². The molecule has 0 amide bonds. The van der Waals surface area contributed by atoms with Gasteiger partial charge in [0.2, 0.25) is 0 Å². The summed E-state index contributed by atoms with van der Waals surface area (Å²) in [5.74, 6) is -0.0110. The topological polar surface area (TPSA) is 3.24 Å². The number of likely N-dealkylation sites (N-methyl/N-ethyl adjacent to an activating group) is 1. The minimum Gasteiger partial charge on any atom is -0.305 e. The number of halogens is 2. The fraction of sp³-hybridized carbons (Fsp3) is 0.500. The molecule has 0 bridgehead atoms. The highest BCUT2D eigenvalue weighted by Crippen LogP contribution is 2.31. The number of hydrogen-bond donors (Lipinski definition) is 0. The van der Waals surface area contributed by atoms with Crippen molar-refractivity contribution in [3.63, 3.8) is 0 Å². The molecule has 2 rings (SSSR count). The van der Waals surface area contributed by atoms with E-state index in [0.717, 1.165) is 30.6 Å². The quantitative estimate of drug-likeness (QED) is 0.659. The molecule has 0 spiro atoms. The largest absolute Gasteiger partial charge is 0.305 e. The third-order valence-electron chi connectivity index (χ3n) is 3.06. The molecule has 1 aromatic carbocycles. The van der Waals surface area contributed by atoms with Crippen LogP contribution in [-0.4, -0.2) is 25.0 Å². The summed E-state index contributed by atoms with van der Waals surface area (Å²) in [6, 6.07) is 3.62. The molecule has 1 aromatic rings. The van der Waals surface area contributed by atoms with Crippen molar-refractivity contribution in [1.29, 1.82) is 0 Å². The zero-order chi connectivity index (χ0) is 11.0. The van der Waals surface area contributed by atoms with Crippen LogP contribution >= 0.6 is 11.6 Å². The fourth-order valence-electron chi connectivity index (χ4n) is 2.32. The van der Waals surface area contributed by atoms with Gasteiger partial charge >= 0.3 is 0 Å². The molecule has 0 aromatic heterocycles. The van der Waals surface area contributed by atoms with Crippen LogP contribution in [0.3, 0.4) is 0 Å². The second-order valence-electron chi connectivity index (χ2n) is 4.35. The normalized spacial score (nSPS) is 22.3. The van der Waals surface area contributed by atoms with Gasteiger partial charge in [-0.15, -0.1) is 0 Å². The summed E-state index contributed by atoms with van der Waals surface area (Å²) in [4.78, 5) is 2.23.